The number of carbonyl (C=O) groups is 1. The lowest BCUT2D eigenvalue weighted by atomic mass is 9.79. The van der Waals surface area contributed by atoms with Gasteiger partial charge in [-0.2, -0.15) is 0 Å². The fourth-order valence-electron chi connectivity index (χ4n) is 3.68. The molecule has 1 unspecified atom stereocenters. The first kappa shape index (κ1) is 13.4. The van der Waals surface area contributed by atoms with Crippen LogP contribution in [0.25, 0.3) is 0 Å². The highest BCUT2D eigenvalue weighted by Crippen LogP contribution is 2.38. The van der Waals surface area contributed by atoms with Crippen LogP contribution >= 0.6 is 0 Å². The number of anilines is 1. The van der Waals surface area contributed by atoms with Gasteiger partial charge in [0.05, 0.1) is 11.3 Å². The molecule has 0 aromatic heterocycles. The zero-order valence-corrected chi connectivity index (χ0v) is 11.4. The van der Waals surface area contributed by atoms with Crippen LogP contribution in [-0.2, 0) is 0 Å². The number of hydrogen-bond donors (Lipinski definition) is 2. The van der Waals surface area contributed by atoms with Crippen molar-refractivity contribution in [2.75, 3.05) is 18.0 Å². The zero-order chi connectivity index (χ0) is 14.3. The summed E-state index contributed by atoms with van der Waals surface area (Å²) in [5.74, 6) is -0.104. The molecule has 1 saturated heterocycles. The summed E-state index contributed by atoms with van der Waals surface area (Å²) in [6.45, 7) is 1.70. The molecule has 1 aromatic carbocycles. The second-order valence-corrected chi connectivity index (χ2v) is 6.00. The molecule has 0 radical (unpaired) electrons. The van der Waals surface area contributed by atoms with Crippen LogP contribution < -0.4 is 16.4 Å². The Morgan fingerprint density at radius 2 is 2.00 bits per heavy atom. The predicted molar refractivity (Wildman–Crippen MR) is 75.9 cm³/mol. The molecule has 1 amide bonds. The van der Waals surface area contributed by atoms with Gasteiger partial charge in [-0.25, -0.2) is 4.39 Å². The molecule has 108 valence electrons. The Bertz CT molecular complexity index is 534. The third-order valence-electron chi connectivity index (χ3n) is 4.67. The summed E-state index contributed by atoms with van der Waals surface area (Å²) in [5.41, 5.74) is 12.0. The molecule has 1 aromatic rings. The molecular weight excluding hydrogens is 257 g/mol. The molecule has 0 bridgehead atoms. The average Bonchev–Trinajstić information content (AvgIpc) is 2.80. The SMILES string of the molecule is NC(=O)c1c(F)cccc1N1C[C@H]2CCC(N)C[C@H]2C1. The van der Waals surface area contributed by atoms with Crippen LogP contribution in [0.4, 0.5) is 10.1 Å². The van der Waals surface area contributed by atoms with E-state index in [1.54, 1.807) is 12.1 Å². The molecule has 1 heterocycles. The van der Waals surface area contributed by atoms with Crippen molar-refractivity contribution < 1.29 is 9.18 Å². The van der Waals surface area contributed by atoms with Gasteiger partial charge in [0.2, 0.25) is 0 Å². The Morgan fingerprint density at radius 3 is 2.75 bits per heavy atom. The van der Waals surface area contributed by atoms with Gasteiger partial charge in [0.15, 0.2) is 0 Å². The van der Waals surface area contributed by atoms with E-state index in [1.807, 2.05) is 0 Å². The molecule has 1 saturated carbocycles. The zero-order valence-electron chi connectivity index (χ0n) is 11.4. The summed E-state index contributed by atoms with van der Waals surface area (Å²) >= 11 is 0. The van der Waals surface area contributed by atoms with Crippen LogP contribution in [0, 0.1) is 17.7 Å². The van der Waals surface area contributed by atoms with E-state index in [2.05, 4.69) is 4.90 Å². The maximum Gasteiger partial charge on any atom is 0.253 e. The summed E-state index contributed by atoms with van der Waals surface area (Å²) in [4.78, 5) is 13.6. The normalized spacial score (nSPS) is 29.3. The number of hydrogen-bond acceptors (Lipinski definition) is 3. The van der Waals surface area contributed by atoms with Crippen molar-refractivity contribution >= 4 is 11.6 Å². The van der Waals surface area contributed by atoms with Gasteiger partial charge in [-0.3, -0.25) is 4.79 Å². The van der Waals surface area contributed by atoms with Gasteiger partial charge in [0.1, 0.15) is 5.82 Å². The molecular formula is C15H20FN3O. The lowest BCUT2D eigenvalue weighted by molar-refractivity contribution is 0.0997. The smallest absolute Gasteiger partial charge is 0.253 e. The molecule has 1 aliphatic heterocycles. The van der Waals surface area contributed by atoms with E-state index < -0.39 is 11.7 Å². The van der Waals surface area contributed by atoms with Gasteiger partial charge < -0.3 is 16.4 Å². The van der Waals surface area contributed by atoms with Crippen molar-refractivity contribution in [1.29, 1.82) is 0 Å². The molecule has 3 atom stereocenters. The Hall–Kier alpha value is -1.62. The maximum absolute atomic E-state index is 13.8. The minimum absolute atomic E-state index is 0.00967. The lowest BCUT2D eigenvalue weighted by Gasteiger charge is -2.27. The Balaban J connectivity index is 1.88. The van der Waals surface area contributed by atoms with E-state index in [0.717, 1.165) is 32.4 Å². The van der Waals surface area contributed by atoms with E-state index in [1.165, 1.54) is 6.07 Å². The number of fused-ring (bicyclic) bond motifs is 1. The first-order chi connectivity index (χ1) is 9.56. The molecule has 2 fully saturated rings. The summed E-state index contributed by atoms with van der Waals surface area (Å²) in [7, 11) is 0. The summed E-state index contributed by atoms with van der Waals surface area (Å²) in [6.07, 6.45) is 3.19. The third-order valence-corrected chi connectivity index (χ3v) is 4.67. The van der Waals surface area contributed by atoms with Crippen molar-refractivity contribution in [3.05, 3.63) is 29.6 Å². The monoisotopic (exact) mass is 277 g/mol. The second-order valence-electron chi connectivity index (χ2n) is 6.00. The van der Waals surface area contributed by atoms with Gasteiger partial charge >= 0.3 is 0 Å². The largest absolute Gasteiger partial charge is 0.370 e. The van der Waals surface area contributed by atoms with Crippen LogP contribution in [0.15, 0.2) is 18.2 Å². The standard InChI is InChI=1S/C15H20FN3O/c16-12-2-1-3-13(14(12)15(18)20)19-7-9-4-5-11(17)6-10(9)8-19/h1-3,9-11H,4-8,17H2,(H2,18,20)/t9-,10+,11?/m1/s1. The van der Waals surface area contributed by atoms with Crippen LogP contribution in [0.3, 0.4) is 0 Å². The third kappa shape index (κ3) is 2.26. The summed E-state index contributed by atoms with van der Waals surface area (Å²) < 4.78 is 13.8. The van der Waals surface area contributed by atoms with Crippen molar-refractivity contribution in [2.45, 2.75) is 25.3 Å². The number of primary amides is 1. The molecule has 0 spiro atoms. The van der Waals surface area contributed by atoms with E-state index in [4.69, 9.17) is 11.5 Å². The highest BCUT2D eigenvalue weighted by Gasteiger charge is 2.37. The van der Waals surface area contributed by atoms with Gasteiger partial charge in [-0.15, -0.1) is 0 Å². The molecule has 3 rings (SSSR count). The highest BCUT2D eigenvalue weighted by molar-refractivity contribution is 5.99. The van der Waals surface area contributed by atoms with Gasteiger partial charge in [0.25, 0.3) is 5.91 Å². The number of nitrogens with zero attached hydrogens (tertiary/aromatic N) is 1. The first-order valence-corrected chi connectivity index (χ1v) is 7.15. The fraction of sp³-hybridized carbons (Fsp3) is 0.533. The van der Waals surface area contributed by atoms with Gasteiger partial charge in [-0.1, -0.05) is 6.07 Å². The van der Waals surface area contributed by atoms with Crippen molar-refractivity contribution in [2.24, 2.45) is 23.3 Å². The fourth-order valence-corrected chi connectivity index (χ4v) is 3.68. The predicted octanol–water partition coefficient (Wildman–Crippen LogP) is 1.49. The van der Waals surface area contributed by atoms with Crippen LogP contribution in [0.5, 0.6) is 0 Å². The number of amides is 1. The van der Waals surface area contributed by atoms with E-state index >= 15 is 0 Å². The van der Waals surface area contributed by atoms with Crippen molar-refractivity contribution in [3.63, 3.8) is 0 Å². The summed E-state index contributed by atoms with van der Waals surface area (Å²) in [5, 5.41) is 0. The minimum Gasteiger partial charge on any atom is -0.370 e. The van der Waals surface area contributed by atoms with Crippen LogP contribution in [0.1, 0.15) is 29.6 Å². The first-order valence-electron chi connectivity index (χ1n) is 7.15. The number of carbonyl (C=O) groups excluding carboxylic acids is 1. The Labute approximate surface area is 117 Å². The Kier molecular flexibility index (Phi) is 3.38. The van der Waals surface area contributed by atoms with Crippen LogP contribution in [-0.4, -0.2) is 25.0 Å². The number of halogens is 1. The van der Waals surface area contributed by atoms with Gasteiger partial charge in [0, 0.05) is 19.1 Å². The average molecular weight is 277 g/mol. The molecule has 1 aliphatic carbocycles. The topological polar surface area (TPSA) is 72.4 Å². The van der Waals surface area contributed by atoms with Crippen LogP contribution in [0.2, 0.25) is 0 Å². The minimum atomic E-state index is -0.704. The molecule has 2 aliphatic rings. The Morgan fingerprint density at radius 1 is 1.25 bits per heavy atom. The highest BCUT2D eigenvalue weighted by atomic mass is 19.1. The summed E-state index contributed by atoms with van der Waals surface area (Å²) in [6, 6.07) is 4.97. The van der Waals surface area contributed by atoms with Crippen molar-refractivity contribution in [3.8, 4) is 0 Å². The van der Waals surface area contributed by atoms with E-state index in [0.29, 0.717) is 17.5 Å². The number of nitrogens with two attached hydrogens (primary N) is 2. The number of benzene rings is 1. The quantitative estimate of drug-likeness (QED) is 0.860. The molecule has 20 heavy (non-hydrogen) atoms. The number of rotatable bonds is 2. The molecule has 5 heteroatoms. The van der Waals surface area contributed by atoms with Gasteiger partial charge in [-0.05, 0) is 43.2 Å². The molecule has 4 N–H and O–H groups in total. The second kappa shape index (κ2) is 5.05. The maximum atomic E-state index is 13.8. The lowest BCUT2D eigenvalue weighted by Crippen LogP contribution is -2.32. The van der Waals surface area contributed by atoms with E-state index in [-0.39, 0.29) is 11.6 Å². The van der Waals surface area contributed by atoms with E-state index in [9.17, 15) is 9.18 Å². The molecule has 4 nitrogen and oxygen atoms in total. The van der Waals surface area contributed by atoms with Crippen molar-refractivity contribution in [1.82, 2.24) is 0 Å².